The second-order valence-electron chi connectivity index (χ2n) is 7.89. The normalized spacial score (nSPS) is 16.0. The molecule has 0 amide bonds. The minimum absolute atomic E-state index is 0.250. The average molecular weight is 404 g/mol. The van der Waals surface area contributed by atoms with Crippen LogP contribution in [-0.4, -0.2) is 51.8 Å². The maximum atomic E-state index is 8.36. The summed E-state index contributed by atoms with van der Waals surface area (Å²) in [6.45, 7) is 6.52. The molecule has 0 saturated carbocycles. The van der Waals surface area contributed by atoms with Gasteiger partial charge in [-0.3, -0.25) is 9.79 Å². The molecule has 0 radical (unpaired) electrons. The quantitative estimate of drug-likeness (QED) is 0.454. The van der Waals surface area contributed by atoms with E-state index < -0.39 is 0 Å². The van der Waals surface area contributed by atoms with E-state index in [9.17, 15) is 0 Å². The van der Waals surface area contributed by atoms with E-state index in [0.29, 0.717) is 12.4 Å². The maximum Gasteiger partial charge on any atom is 0.290 e. The van der Waals surface area contributed by atoms with Crippen LogP contribution in [0.25, 0.3) is 0 Å². The molecule has 2 aliphatic rings. The van der Waals surface area contributed by atoms with Crippen LogP contribution >= 0.6 is 0 Å². The number of unbranched alkanes of at least 4 members (excludes halogenated alkanes) is 4. The fraction of sp³-hybridized carbons (Fsp3) is 0.727. The lowest BCUT2D eigenvalue weighted by molar-refractivity contribution is -0.122. The predicted octanol–water partition coefficient (Wildman–Crippen LogP) is 3.84. The van der Waals surface area contributed by atoms with Gasteiger partial charge < -0.3 is 15.7 Å². The van der Waals surface area contributed by atoms with Crippen molar-refractivity contribution in [3.63, 3.8) is 0 Å². The number of aryl methyl sites for hydroxylation is 1. The first kappa shape index (κ1) is 23.3. The minimum atomic E-state index is -0.250. The van der Waals surface area contributed by atoms with Crippen molar-refractivity contribution in [2.75, 3.05) is 25.4 Å². The van der Waals surface area contributed by atoms with Crippen LogP contribution in [0.15, 0.2) is 4.99 Å². The fourth-order valence-electron chi connectivity index (χ4n) is 4.00. The Labute approximate surface area is 174 Å². The van der Waals surface area contributed by atoms with Gasteiger partial charge >= 0.3 is 0 Å². The topological polar surface area (TPSA) is 105 Å². The Morgan fingerprint density at radius 3 is 2.48 bits per heavy atom. The molecule has 1 aromatic rings. The predicted molar refractivity (Wildman–Crippen MR) is 117 cm³/mol. The zero-order valence-electron chi connectivity index (χ0n) is 17.9. The van der Waals surface area contributed by atoms with Crippen molar-refractivity contribution >= 4 is 18.0 Å². The first-order chi connectivity index (χ1) is 14.2. The Morgan fingerprint density at radius 1 is 1.03 bits per heavy atom. The summed E-state index contributed by atoms with van der Waals surface area (Å²) < 4.78 is 0. The summed E-state index contributed by atoms with van der Waals surface area (Å²) in [5.41, 5.74) is 9.38. The van der Waals surface area contributed by atoms with Crippen LogP contribution in [-0.2, 0) is 17.8 Å². The van der Waals surface area contributed by atoms with Gasteiger partial charge in [0, 0.05) is 12.0 Å². The molecule has 0 bridgehead atoms. The van der Waals surface area contributed by atoms with Gasteiger partial charge in [-0.1, -0.05) is 32.6 Å². The Bertz CT molecular complexity index is 657. The summed E-state index contributed by atoms with van der Waals surface area (Å²) in [6.07, 6.45) is 13.6. The van der Waals surface area contributed by atoms with Crippen LogP contribution in [0, 0.1) is 0 Å². The summed E-state index contributed by atoms with van der Waals surface area (Å²) in [5, 5.41) is 6.89. The number of nitrogens with two attached hydrogens (primary N) is 1. The number of hydrogen-bond donors (Lipinski definition) is 2. The third-order valence-electron chi connectivity index (χ3n) is 5.63. The number of likely N-dealkylation sites (tertiary alicyclic amines) is 1. The van der Waals surface area contributed by atoms with E-state index in [1.807, 2.05) is 0 Å². The minimum Gasteiger partial charge on any atom is -0.483 e. The number of rotatable bonds is 10. The molecular formula is C22H37N5O2. The van der Waals surface area contributed by atoms with E-state index in [0.717, 1.165) is 48.5 Å². The SMILES string of the molecule is CCCCc1nc(N)c2c(n1)C(CCCCCCN1CCCCC1)=NC2.O=CO. The highest BCUT2D eigenvalue weighted by atomic mass is 16.3. The highest BCUT2D eigenvalue weighted by Crippen LogP contribution is 2.25. The van der Waals surface area contributed by atoms with Crippen molar-refractivity contribution in [2.45, 2.75) is 84.1 Å². The number of anilines is 1. The monoisotopic (exact) mass is 403 g/mol. The molecule has 7 nitrogen and oxygen atoms in total. The van der Waals surface area contributed by atoms with E-state index >= 15 is 0 Å². The second kappa shape index (κ2) is 13.2. The van der Waals surface area contributed by atoms with Crippen molar-refractivity contribution in [3.8, 4) is 0 Å². The molecule has 0 aromatic carbocycles. The molecule has 1 saturated heterocycles. The van der Waals surface area contributed by atoms with Gasteiger partial charge in [0.2, 0.25) is 0 Å². The average Bonchev–Trinajstić information content (AvgIpc) is 3.14. The number of aromatic nitrogens is 2. The van der Waals surface area contributed by atoms with Gasteiger partial charge in [-0.15, -0.1) is 0 Å². The zero-order chi connectivity index (χ0) is 20.9. The Balaban J connectivity index is 0.000000941. The van der Waals surface area contributed by atoms with E-state index in [1.54, 1.807) is 0 Å². The summed E-state index contributed by atoms with van der Waals surface area (Å²) in [4.78, 5) is 25.0. The smallest absolute Gasteiger partial charge is 0.290 e. The number of carboxylic acid groups (broad SMARTS) is 1. The molecule has 162 valence electrons. The number of piperidine rings is 1. The van der Waals surface area contributed by atoms with Gasteiger partial charge in [0.15, 0.2) is 0 Å². The molecular weight excluding hydrogens is 366 g/mol. The van der Waals surface area contributed by atoms with Crippen LogP contribution in [0.2, 0.25) is 0 Å². The molecule has 0 spiro atoms. The number of fused-ring (bicyclic) bond motifs is 1. The zero-order valence-corrected chi connectivity index (χ0v) is 17.9. The van der Waals surface area contributed by atoms with Crippen molar-refractivity contribution in [2.24, 2.45) is 4.99 Å². The van der Waals surface area contributed by atoms with Crippen LogP contribution in [0.4, 0.5) is 5.82 Å². The second-order valence-corrected chi connectivity index (χ2v) is 7.89. The van der Waals surface area contributed by atoms with Gasteiger partial charge in [0.1, 0.15) is 11.6 Å². The largest absolute Gasteiger partial charge is 0.483 e. The molecule has 3 rings (SSSR count). The van der Waals surface area contributed by atoms with Crippen molar-refractivity contribution in [3.05, 3.63) is 17.1 Å². The molecule has 3 N–H and O–H groups in total. The number of hydrogen-bond acceptors (Lipinski definition) is 6. The molecule has 1 aromatic heterocycles. The first-order valence-corrected chi connectivity index (χ1v) is 11.2. The summed E-state index contributed by atoms with van der Waals surface area (Å²) >= 11 is 0. The van der Waals surface area contributed by atoms with Crippen LogP contribution in [0.5, 0.6) is 0 Å². The lowest BCUT2D eigenvalue weighted by Gasteiger charge is -2.26. The highest BCUT2D eigenvalue weighted by molar-refractivity contribution is 6.02. The van der Waals surface area contributed by atoms with Crippen molar-refractivity contribution in [1.29, 1.82) is 0 Å². The number of nitrogens with zero attached hydrogens (tertiary/aromatic N) is 4. The van der Waals surface area contributed by atoms with Gasteiger partial charge in [-0.05, 0) is 58.2 Å². The van der Waals surface area contributed by atoms with Crippen molar-refractivity contribution in [1.82, 2.24) is 14.9 Å². The lowest BCUT2D eigenvalue weighted by Crippen LogP contribution is -2.30. The van der Waals surface area contributed by atoms with E-state index in [2.05, 4.69) is 16.8 Å². The van der Waals surface area contributed by atoms with Gasteiger partial charge in [-0.2, -0.15) is 0 Å². The molecule has 2 aliphatic heterocycles. The van der Waals surface area contributed by atoms with Crippen molar-refractivity contribution < 1.29 is 9.90 Å². The molecule has 0 unspecified atom stereocenters. The molecule has 7 heteroatoms. The van der Waals surface area contributed by atoms with E-state index in [1.165, 1.54) is 64.6 Å². The van der Waals surface area contributed by atoms with Crippen LogP contribution in [0.3, 0.4) is 0 Å². The number of carbonyl (C=O) groups is 1. The third kappa shape index (κ3) is 7.72. The molecule has 1 fully saturated rings. The molecule has 3 heterocycles. The summed E-state index contributed by atoms with van der Waals surface area (Å²) in [7, 11) is 0. The Hall–Kier alpha value is -2.02. The Kier molecular flexibility index (Phi) is 10.6. The fourth-order valence-corrected chi connectivity index (χ4v) is 4.00. The lowest BCUT2D eigenvalue weighted by atomic mass is 10.1. The van der Waals surface area contributed by atoms with Crippen LogP contribution in [0.1, 0.15) is 88.2 Å². The Morgan fingerprint density at radius 2 is 1.76 bits per heavy atom. The van der Waals surface area contributed by atoms with Crippen LogP contribution < -0.4 is 5.73 Å². The summed E-state index contributed by atoms with van der Waals surface area (Å²) in [6, 6.07) is 0. The molecule has 0 aliphatic carbocycles. The number of aliphatic imine (C=N–C) groups is 1. The van der Waals surface area contributed by atoms with E-state index in [4.69, 9.17) is 25.6 Å². The molecule has 29 heavy (non-hydrogen) atoms. The molecule has 0 atom stereocenters. The maximum absolute atomic E-state index is 8.36. The standard InChI is InChI=1S/C21H35N5.CH2O2/c1-2-3-12-19-24-20-17(21(22)25-19)16-23-18(20)11-7-4-5-8-13-26-14-9-6-10-15-26;2-1-3/h2-16H2,1H3,(H2,22,24,25);1H,(H,2,3). The third-order valence-corrected chi connectivity index (χ3v) is 5.63. The summed E-state index contributed by atoms with van der Waals surface area (Å²) in [5.74, 6) is 1.53. The van der Waals surface area contributed by atoms with E-state index in [-0.39, 0.29) is 6.47 Å². The van der Waals surface area contributed by atoms with Gasteiger partial charge in [0.25, 0.3) is 6.47 Å². The van der Waals surface area contributed by atoms with Gasteiger partial charge in [-0.25, -0.2) is 9.97 Å². The van der Waals surface area contributed by atoms with Gasteiger partial charge in [0.05, 0.1) is 18.0 Å². The first-order valence-electron chi connectivity index (χ1n) is 11.2. The number of nitrogen functional groups attached to an aromatic ring is 1. The highest BCUT2D eigenvalue weighted by Gasteiger charge is 2.21.